The Bertz CT molecular complexity index is 296. The molecule has 0 heterocycles. The largest absolute Gasteiger partial charge is 0.462 e. The van der Waals surface area contributed by atoms with Gasteiger partial charge in [0, 0.05) is 5.57 Å². The zero-order valence-electron chi connectivity index (χ0n) is 16.0. The van der Waals surface area contributed by atoms with Crippen molar-refractivity contribution in [3.63, 3.8) is 0 Å². The second-order valence-corrected chi connectivity index (χ2v) is 6.98. The van der Waals surface area contributed by atoms with Gasteiger partial charge in [-0.3, -0.25) is 0 Å². The maximum Gasteiger partial charge on any atom is 0.333 e. The van der Waals surface area contributed by atoms with E-state index in [0.29, 0.717) is 12.2 Å². The molecule has 0 aromatic heterocycles. The lowest BCUT2D eigenvalue weighted by Crippen LogP contribution is -2.11. The predicted octanol–water partition coefficient (Wildman–Crippen LogP) is 6.83. The molecule has 23 heavy (non-hydrogen) atoms. The van der Waals surface area contributed by atoms with Crippen LogP contribution < -0.4 is 0 Å². The average Bonchev–Trinajstić information content (AvgIpc) is 2.53. The number of rotatable bonds is 16. The lowest BCUT2D eigenvalue weighted by molar-refractivity contribution is -0.139. The van der Waals surface area contributed by atoms with Gasteiger partial charge in [-0.2, -0.15) is 0 Å². The summed E-state index contributed by atoms with van der Waals surface area (Å²) in [6.07, 6.45) is 17.0. The molecule has 0 bridgehead atoms. The van der Waals surface area contributed by atoms with Crippen molar-refractivity contribution in [2.75, 3.05) is 6.61 Å². The van der Waals surface area contributed by atoms with Crippen molar-refractivity contribution in [3.8, 4) is 0 Å². The number of unbranched alkanes of at least 4 members (excludes halogenated alkanes) is 8. The summed E-state index contributed by atoms with van der Waals surface area (Å²) in [5.41, 5.74) is 0.500. The molecular weight excluding hydrogens is 284 g/mol. The summed E-state index contributed by atoms with van der Waals surface area (Å²) in [7, 11) is 0. The molecule has 2 heteroatoms. The smallest absolute Gasteiger partial charge is 0.333 e. The second kappa shape index (κ2) is 16.1. The number of carbonyl (C=O) groups excluding carboxylic acids is 1. The van der Waals surface area contributed by atoms with Gasteiger partial charge in [-0.05, 0) is 19.3 Å². The summed E-state index contributed by atoms with van der Waals surface area (Å²) >= 11 is 0. The van der Waals surface area contributed by atoms with Crippen LogP contribution in [0.4, 0.5) is 0 Å². The first kappa shape index (κ1) is 22.2. The Morgan fingerprint density at radius 2 is 1.30 bits per heavy atom. The van der Waals surface area contributed by atoms with E-state index in [2.05, 4.69) is 20.4 Å². The van der Waals surface area contributed by atoms with Crippen LogP contribution in [0.25, 0.3) is 0 Å². The van der Waals surface area contributed by atoms with Crippen LogP contribution in [-0.2, 0) is 9.53 Å². The Hall–Kier alpha value is -0.790. The predicted molar refractivity (Wildman–Crippen MR) is 101 cm³/mol. The Morgan fingerprint density at radius 1 is 0.826 bits per heavy atom. The number of hydrogen-bond donors (Lipinski definition) is 0. The van der Waals surface area contributed by atoms with E-state index in [1.165, 1.54) is 77.0 Å². The molecule has 0 fully saturated rings. The summed E-state index contributed by atoms with van der Waals surface area (Å²) in [5.74, 6) is 0.477. The third kappa shape index (κ3) is 14.5. The fraction of sp³-hybridized carbons (Fsp3) is 0.857. The third-order valence-corrected chi connectivity index (χ3v) is 4.54. The van der Waals surface area contributed by atoms with Gasteiger partial charge in [-0.1, -0.05) is 97.5 Å². The molecule has 136 valence electrons. The first-order valence-corrected chi connectivity index (χ1v) is 9.94. The van der Waals surface area contributed by atoms with Gasteiger partial charge in [-0.15, -0.1) is 0 Å². The molecule has 0 aliphatic heterocycles. The molecule has 0 saturated carbocycles. The van der Waals surface area contributed by atoms with E-state index in [4.69, 9.17) is 4.74 Å². The van der Waals surface area contributed by atoms with Crippen LogP contribution in [0.1, 0.15) is 104 Å². The summed E-state index contributed by atoms with van der Waals surface area (Å²) < 4.78 is 5.28. The van der Waals surface area contributed by atoms with Crippen LogP contribution in [0.15, 0.2) is 12.2 Å². The van der Waals surface area contributed by atoms with Crippen LogP contribution >= 0.6 is 0 Å². The summed E-state index contributed by atoms with van der Waals surface area (Å²) in [6, 6.07) is 0. The Morgan fingerprint density at radius 3 is 1.83 bits per heavy atom. The standard InChI is InChI=1S/C21H40O2/c1-5-7-9-11-12-14-16-20(15-13-10-8-6-2)17-18-23-21(22)19(3)4/h20H,3,5-18H2,1-2,4H3. The quantitative estimate of drug-likeness (QED) is 0.177. The van der Waals surface area contributed by atoms with E-state index in [1.807, 2.05) is 0 Å². The van der Waals surface area contributed by atoms with Gasteiger partial charge in [0.25, 0.3) is 0 Å². The molecular formula is C21H40O2. The SMILES string of the molecule is C=C(C)C(=O)OCCC(CCCCCC)CCCCCCCC. The van der Waals surface area contributed by atoms with Gasteiger partial charge in [0.2, 0.25) is 0 Å². The molecule has 0 aromatic carbocycles. The van der Waals surface area contributed by atoms with E-state index in [-0.39, 0.29) is 5.97 Å². The van der Waals surface area contributed by atoms with Crippen LogP contribution in [0.2, 0.25) is 0 Å². The highest BCUT2D eigenvalue weighted by molar-refractivity contribution is 5.86. The van der Waals surface area contributed by atoms with E-state index in [9.17, 15) is 4.79 Å². The molecule has 0 saturated heterocycles. The van der Waals surface area contributed by atoms with Crippen molar-refractivity contribution in [2.45, 2.75) is 104 Å². The Labute approximate surface area is 145 Å². The molecule has 0 spiro atoms. The zero-order chi connectivity index (χ0) is 17.3. The van der Waals surface area contributed by atoms with Crippen LogP contribution in [-0.4, -0.2) is 12.6 Å². The molecule has 0 N–H and O–H groups in total. The van der Waals surface area contributed by atoms with Crippen molar-refractivity contribution < 1.29 is 9.53 Å². The monoisotopic (exact) mass is 324 g/mol. The molecule has 0 radical (unpaired) electrons. The van der Waals surface area contributed by atoms with Crippen molar-refractivity contribution in [2.24, 2.45) is 5.92 Å². The first-order valence-electron chi connectivity index (χ1n) is 9.94. The summed E-state index contributed by atoms with van der Waals surface area (Å²) in [6.45, 7) is 10.4. The molecule has 2 nitrogen and oxygen atoms in total. The number of ether oxygens (including phenoxy) is 1. The summed E-state index contributed by atoms with van der Waals surface area (Å²) in [4.78, 5) is 11.5. The molecule has 0 aromatic rings. The lowest BCUT2D eigenvalue weighted by Gasteiger charge is -2.17. The minimum atomic E-state index is -0.241. The molecule has 0 amide bonds. The van der Waals surface area contributed by atoms with Crippen molar-refractivity contribution in [1.82, 2.24) is 0 Å². The fourth-order valence-electron chi connectivity index (χ4n) is 2.95. The highest BCUT2D eigenvalue weighted by Crippen LogP contribution is 2.22. The summed E-state index contributed by atoms with van der Waals surface area (Å²) in [5, 5.41) is 0. The van der Waals surface area contributed by atoms with Gasteiger partial charge in [0.1, 0.15) is 0 Å². The van der Waals surface area contributed by atoms with E-state index < -0.39 is 0 Å². The number of carbonyl (C=O) groups is 1. The van der Waals surface area contributed by atoms with E-state index in [1.54, 1.807) is 6.92 Å². The number of esters is 1. The normalized spacial score (nSPS) is 12.1. The Kier molecular flexibility index (Phi) is 15.5. The van der Waals surface area contributed by atoms with E-state index in [0.717, 1.165) is 12.3 Å². The first-order chi connectivity index (χ1) is 11.1. The Balaban J connectivity index is 3.92. The number of hydrogen-bond acceptors (Lipinski definition) is 2. The van der Waals surface area contributed by atoms with Crippen molar-refractivity contribution in [3.05, 3.63) is 12.2 Å². The van der Waals surface area contributed by atoms with Crippen LogP contribution in [0, 0.1) is 5.92 Å². The maximum absolute atomic E-state index is 11.5. The van der Waals surface area contributed by atoms with Gasteiger partial charge in [0.05, 0.1) is 6.61 Å². The highest BCUT2D eigenvalue weighted by atomic mass is 16.5. The molecule has 0 rings (SSSR count). The van der Waals surface area contributed by atoms with Crippen LogP contribution in [0.5, 0.6) is 0 Å². The van der Waals surface area contributed by atoms with Crippen molar-refractivity contribution >= 4 is 5.97 Å². The zero-order valence-corrected chi connectivity index (χ0v) is 16.0. The average molecular weight is 325 g/mol. The van der Waals surface area contributed by atoms with Gasteiger partial charge < -0.3 is 4.74 Å². The van der Waals surface area contributed by atoms with Gasteiger partial charge in [-0.25, -0.2) is 4.79 Å². The molecule has 0 aliphatic carbocycles. The van der Waals surface area contributed by atoms with Crippen molar-refractivity contribution in [1.29, 1.82) is 0 Å². The van der Waals surface area contributed by atoms with Crippen LogP contribution in [0.3, 0.4) is 0 Å². The minimum Gasteiger partial charge on any atom is -0.462 e. The lowest BCUT2D eigenvalue weighted by atomic mass is 9.92. The highest BCUT2D eigenvalue weighted by Gasteiger charge is 2.10. The minimum absolute atomic E-state index is 0.241. The third-order valence-electron chi connectivity index (χ3n) is 4.54. The van der Waals surface area contributed by atoms with Gasteiger partial charge >= 0.3 is 5.97 Å². The van der Waals surface area contributed by atoms with E-state index >= 15 is 0 Å². The van der Waals surface area contributed by atoms with Gasteiger partial charge in [0.15, 0.2) is 0 Å². The fourth-order valence-corrected chi connectivity index (χ4v) is 2.95. The second-order valence-electron chi connectivity index (χ2n) is 6.98. The molecule has 0 aliphatic rings. The topological polar surface area (TPSA) is 26.3 Å². The maximum atomic E-state index is 11.5. The molecule has 1 unspecified atom stereocenters. The molecule has 1 atom stereocenters.